The molecule has 1 aromatic rings. The zero-order valence-electron chi connectivity index (χ0n) is 18.9. The molecule has 0 saturated carbocycles. The van der Waals surface area contributed by atoms with Gasteiger partial charge in [0.15, 0.2) is 0 Å². The maximum atomic E-state index is 11.9. The minimum Gasteiger partial charge on any atom is -0.337 e. The van der Waals surface area contributed by atoms with Gasteiger partial charge in [0.05, 0.1) is 0 Å². The van der Waals surface area contributed by atoms with E-state index < -0.39 is 0 Å². The third kappa shape index (κ3) is 5.76. The van der Waals surface area contributed by atoms with Crippen molar-refractivity contribution in [1.82, 2.24) is 20.4 Å². The molecule has 166 valence electrons. The first-order chi connectivity index (χ1) is 14.6. The van der Waals surface area contributed by atoms with Crippen LogP contribution >= 0.6 is 0 Å². The molecule has 4 aliphatic heterocycles. The highest BCUT2D eigenvalue weighted by molar-refractivity contribution is 5.74. The fraction of sp³-hybridized carbons (Fsp3) is 0.720. The molecule has 5 heteroatoms. The summed E-state index contributed by atoms with van der Waals surface area (Å²) in [6.45, 7) is 11.0. The molecule has 4 heterocycles. The van der Waals surface area contributed by atoms with Crippen molar-refractivity contribution in [2.75, 3.05) is 39.3 Å². The summed E-state index contributed by atoms with van der Waals surface area (Å²) >= 11 is 0. The van der Waals surface area contributed by atoms with Crippen LogP contribution in [0.25, 0.3) is 0 Å². The van der Waals surface area contributed by atoms with Crippen molar-refractivity contribution >= 4 is 6.03 Å². The van der Waals surface area contributed by atoms with Crippen LogP contribution in [0.1, 0.15) is 45.1 Å². The van der Waals surface area contributed by atoms with Crippen LogP contribution in [0.4, 0.5) is 4.79 Å². The Labute approximate surface area is 182 Å². The van der Waals surface area contributed by atoms with Gasteiger partial charge in [0.25, 0.3) is 0 Å². The van der Waals surface area contributed by atoms with Crippen LogP contribution in [0.15, 0.2) is 30.3 Å². The summed E-state index contributed by atoms with van der Waals surface area (Å²) in [6.07, 6.45) is 6.51. The summed E-state index contributed by atoms with van der Waals surface area (Å²) in [4.78, 5) is 17.3. The van der Waals surface area contributed by atoms with Gasteiger partial charge in [-0.3, -0.25) is 4.90 Å². The fourth-order valence-electron chi connectivity index (χ4n) is 5.84. The van der Waals surface area contributed by atoms with Gasteiger partial charge in [-0.1, -0.05) is 30.3 Å². The molecule has 4 atom stereocenters. The van der Waals surface area contributed by atoms with E-state index in [1.165, 1.54) is 70.4 Å². The summed E-state index contributed by atoms with van der Waals surface area (Å²) in [5, 5.41) is 6.02. The van der Waals surface area contributed by atoms with Crippen molar-refractivity contribution in [2.45, 2.75) is 58.0 Å². The molecule has 2 N–H and O–H groups in total. The zero-order valence-corrected chi connectivity index (χ0v) is 18.9. The molecule has 5 rings (SSSR count). The average Bonchev–Trinajstić information content (AvgIpc) is 2.75. The molecule has 5 nitrogen and oxygen atoms in total. The molecule has 0 spiro atoms. The van der Waals surface area contributed by atoms with Crippen LogP contribution in [-0.2, 0) is 6.42 Å². The van der Waals surface area contributed by atoms with Crippen molar-refractivity contribution in [1.29, 1.82) is 0 Å². The number of hydrogen-bond donors (Lipinski definition) is 2. The second-order valence-corrected chi connectivity index (χ2v) is 10.1. The second kappa shape index (κ2) is 10.1. The Bertz CT molecular complexity index is 671. The Morgan fingerprint density at radius 1 is 1.10 bits per heavy atom. The number of benzene rings is 1. The zero-order chi connectivity index (χ0) is 20.9. The lowest BCUT2D eigenvalue weighted by atomic mass is 9.75. The number of hydrogen-bond acceptors (Lipinski definition) is 3. The monoisotopic (exact) mass is 412 g/mol. The number of carbonyl (C=O) groups excluding carboxylic acids is 1. The highest BCUT2D eigenvalue weighted by Crippen LogP contribution is 2.37. The number of fused-ring (bicyclic) bond motifs is 3. The van der Waals surface area contributed by atoms with Crippen LogP contribution < -0.4 is 10.6 Å². The number of piperidine rings is 4. The predicted octanol–water partition coefficient (Wildman–Crippen LogP) is 3.36. The number of rotatable bonds is 7. The Balaban J connectivity index is 1.19. The van der Waals surface area contributed by atoms with Gasteiger partial charge in [0.2, 0.25) is 0 Å². The summed E-state index contributed by atoms with van der Waals surface area (Å²) in [6, 6.07) is 11.7. The molecule has 0 radical (unpaired) electrons. The molecular formula is C25H40N4O. The van der Waals surface area contributed by atoms with Crippen LogP contribution in [0.5, 0.6) is 0 Å². The van der Waals surface area contributed by atoms with E-state index in [-0.39, 0.29) is 12.1 Å². The molecule has 0 aliphatic carbocycles. The number of urea groups is 1. The number of nitrogens with one attached hydrogen (secondary N) is 2. The van der Waals surface area contributed by atoms with Gasteiger partial charge in [-0.2, -0.15) is 0 Å². The van der Waals surface area contributed by atoms with Crippen LogP contribution in [-0.4, -0.2) is 67.2 Å². The lowest BCUT2D eigenvalue weighted by Crippen LogP contribution is -2.59. The van der Waals surface area contributed by atoms with Gasteiger partial charge in [0.1, 0.15) is 0 Å². The second-order valence-electron chi connectivity index (χ2n) is 10.1. The summed E-state index contributed by atoms with van der Waals surface area (Å²) in [7, 11) is 0. The predicted molar refractivity (Wildman–Crippen MR) is 123 cm³/mol. The number of amides is 2. The largest absolute Gasteiger partial charge is 0.337 e. The third-order valence-electron chi connectivity index (χ3n) is 7.50. The van der Waals surface area contributed by atoms with Crippen molar-refractivity contribution < 1.29 is 4.79 Å². The minimum atomic E-state index is -0.0254. The van der Waals surface area contributed by atoms with Crippen LogP contribution in [0, 0.1) is 17.8 Å². The smallest absolute Gasteiger partial charge is 0.315 e. The van der Waals surface area contributed by atoms with Crippen molar-refractivity contribution in [3.63, 3.8) is 0 Å². The molecule has 4 saturated heterocycles. The SMILES string of the molecule is CC(C)NC(=O)NCC1CC2CCN1CC2CN1CCC(Cc2ccccc2)CC1. The van der Waals surface area contributed by atoms with E-state index in [4.69, 9.17) is 0 Å². The van der Waals surface area contributed by atoms with E-state index in [1.807, 2.05) is 13.8 Å². The molecule has 2 bridgehead atoms. The lowest BCUT2D eigenvalue weighted by molar-refractivity contribution is -0.0147. The molecule has 2 amide bonds. The van der Waals surface area contributed by atoms with Gasteiger partial charge in [-0.15, -0.1) is 0 Å². The highest BCUT2D eigenvalue weighted by atomic mass is 16.2. The average molecular weight is 413 g/mol. The van der Waals surface area contributed by atoms with Gasteiger partial charge in [-0.05, 0) is 88.9 Å². The molecule has 4 aliphatic rings. The van der Waals surface area contributed by atoms with Gasteiger partial charge in [-0.25, -0.2) is 4.79 Å². The van der Waals surface area contributed by atoms with E-state index in [2.05, 4.69) is 50.8 Å². The molecule has 0 aromatic heterocycles. The third-order valence-corrected chi connectivity index (χ3v) is 7.50. The number of nitrogens with zero attached hydrogens (tertiary/aromatic N) is 2. The summed E-state index contributed by atoms with van der Waals surface area (Å²) < 4.78 is 0. The van der Waals surface area contributed by atoms with Crippen LogP contribution in [0.3, 0.4) is 0 Å². The minimum absolute atomic E-state index is 0.0254. The topological polar surface area (TPSA) is 47.6 Å². The molecule has 4 unspecified atom stereocenters. The fourth-order valence-corrected chi connectivity index (χ4v) is 5.84. The maximum absolute atomic E-state index is 11.9. The Morgan fingerprint density at radius 3 is 2.53 bits per heavy atom. The van der Waals surface area contributed by atoms with Gasteiger partial charge >= 0.3 is 6.03 Å². The van der Waals surface area contributed by atoms with E-state index in [9.17, 15) is 4.79 Å². The summed E-state index contributed by atoms with van der Waals surface area (Å²) in [5.41, 5.74) is 1.50. The van der Waals surface area contributed by atoms with E-state index >= 15 is 0 Å². The molecule has 4 fully saturated rings. The van der Waals surface area contributed by atoms with Gasteiger partial charge in [0, 0.05) is 31.7 Å². The molecule has 30 heavy (non-hydrogen) atoms. The van der Waals surface area contributed by atoms with Crippen molar-refractivity contribution in [3.8, 4) is 0 Å². The van der Waals surface area contributed by atoms with Crippen molar-refractivity contribution in [2.24, 2.45) is 17.8 Å². The first-order valence-electron chi connectivity index (χ1n) is 12.1. The maximum Gasteiger partial charge on any atom is 0.315 e. The van der Waals surface area contributed by atoms with Crippen LogP contribution in [0.2, 0.25) is 0 Å². The standard InChI is InChI=1S/C25H40N4O/c1-19(2)27-25(30)26-16-24-15-22-10-13-29(24)18-23(22)17-28-11-8-21(9-12-28)14-20-6-4-3-5-7-20/h3-7,19,21-24H,8-18H2,1-2H3,(H2,26,27,30). The van der Waals surface area contributed by atoms with Crippen molar-refractivity contribution in [3.05, 3.63) is 35.9 Å². The molecular weight excluding hydrogens is 372 g/mol. The van der Waals surface area contributed by atoms with E-state index in [0.717, 1.165) is 24.3 Å². The first-order valence-corrected chi connectivity index (χ1v) is 12.1. The number of carbonyl (C=O) groups is 1. The van der Waals surface area contributed by atoms with E-state index in [1.54, 1.807) is 0 Å². The Morgan fingerprint density at radius 2 is 1.87 bits per heavy atom. The Hall–Kier alpha value is -1.59. The number of likely N-dealkylation sites (tertiary alicyclic amines) is 1. The summed E-state index contributed by atoms with van der Waals surface area (Å²) in [5.74, 6) is 2.49. The van der Waals surface area contributed by atoms with E-state index in [0.29, 0.717) is 6.04 Å². The quantitative estimate of drug-likeness (QED) is 0.722. The molecule has 1 aromatic carbocycles. The highest BCUT2D eigenvalue weighted by Gasteiger charge is 2.40. The first kappa shape index (κ1) is 21.6. The lowest BCUT2D eigenvalue weighted by Gasteiger charge is -2.51. The Kier molecular flexibility index (Phi) is 7.32. The van der Waals surface area contributed by atoms with Gasteiger partial charge < -0.3 is 15.5 Å². The normalized spacial score (nSPS) is 29.8.